The predicted molar refractivity (Wildman–Crippen MR) is 83.9 cm³/mol. The Morgan fingerprint density at radius 3 is 2.80 bits per heavy atom. The Hall–Kier alpha value is -1.40. The predicted octanol–water partition coefficient (Wildman–Crippen LogP) is 2.83. The number of rotatable bonds is 7. The number of aromatic nitrogens is 3. The molecule has 110 valence electrons. The molecule has 2 aromatic rings. The van der Waals surface area contributed by atoms with Crippen LogP contribution < -0.4 is 4.74 Å². The van der Waals surface area contributed by atoms with Crippen molar-refractivity contribution in [3.8, 4) is 5.88 Å². The molecule has 0 fully saturated rings. The molecule has 0 aliphatic carbocycles. The fraction of sp³-hybridized carbons (Fsp3) is 0.571. The fourth-order valence-electron chi connectivity index (χ4n) is 2.32. The molecule has 0 unspecified atom stereocenters. The zero-order valence-corrected chi connectivity index (χ0v) is 13.2. The summed E-state index contributed by atoms with van der Waals surface area (Å²) in [5, 5.41) is 0. The Morgan fingerprint density at radius 1 is 1.35 bits per heavy atom. The number of pyridine rings is 1. The van der Waals surface area contributed by atoms with Crippen LogP contribution in [0.5, 0.6) is 5.88 Å². The first-order chi connectivity index (χ1) is 9.69. The zero-order valence-electron chi connectivity index (χ0n) is 12.3. The van der Waals surface area contributed by atoms with Crippen LogP contribution in [0.2, 0.25) is 0 Å². The highest BCUT2D eigenvalue weighted by Crippen LogP contribution is 2.16. The van der Waals surface area contributed by atoms with Crippen LogP contribution in [0, 0.1) is 4.77 Å². The number of hydrogen-bond acceptors (Lipinski definition) is 4. The summed E-state index contributed by atoms with van der Waals surface area (Å²) < 4.78 is 7.95. The molecular formula is C14H22N4OS. The second-order valence-corrected chi connectivity index (χ2v) is 5.13. The van der Waals surface area contributed by atoms with E-state index in [1.807, 2.05) is 16.7 Å². The number of likely N-dealkylation sites (N-methyl/N-ethyl adjacent to an activating group) is 1. The van der Waals surface area contributed by atoms with Gasteiger partial charge in [-0.3, -0.25) is 0 Å². The Morgan fingerprint density at radius 2 is 2.15 bits per heavy atom. The number of ether oxygens (including phenoxy) is 1. The monoisotopic (exact) mass is 294 g/mol. The average molecular weight is 294 g/mol. The molecule has 2 heterocycles. The van der Waals surface area contributed by atoms with Gasteiger partial charge in [-0.25, -0.2) is 0 Å². The molecule has 0 aliphatic heterocycles. The van der Waals surface area contributed by atoms with E-state index in [2.05, 4.69) is 28.7 Å². The SMILES string of the molecule is CCCN(CC)CCn1c(=S)[nH]c2ccc(OC)nc21. The van der Waals surface area contributed by atoms with E-state index in [1.165, 1.54) is 6.42 Å². The van der Waals surface area contributed by atoms with E-state index in [0.29, 0.717) is 10.7 Å². The highest BCUT2D eigenvalue weighted by Gasteiger charge is 2.09. The molecule has 0 atom stereocenters. The third-order valence-corrected chi connectivity index (χ3v) is 3.75. The first-order valence-corrected chi connectivity index (χ1v) is 7.46. The summed E-state index contributed by atoms with van der Waals surface area (Å²) in [6.07, 6.45) is 1.17. The van der Waals surface area contributed by atoms with Crippen molar-refractivity contribution in [2.75, 3.05) is 26.7 Å². The molecule has 0 saturated carbocycles. The largest absolute Gasteiger partial charge is 0.481 e. The second kappa shape index (κ2) is 6.85. The molecule has 0 aliphatic rings. The molecule has 1 N–H and O–H groups in total. The minimum Gasteiger partial charge on any atom is -0.481 e. The number of nitrogens with one attached hydrogen (secondary N) is 1. The Balaban J connectivity index is 2.24. The molecular weight excluding hydrogens is 272 g/mol. The van der Waals surface area contributed by atoms with Gasteiger partial charge in [-0.1, -0.05) is 13.8 Å². The number of aromatic amines is 1. The maximum absolute atomic E-state index is 5.39. The van der Waals surface area contributed by atoms with E-state index in [9.17, 15) is 0 Å². The Kier molecular flexibility index (Phi) is 5.14. The molecule has 0 bridgehead atoms. The molecule has 5 nitrogen and oxygen atoms in total. The van der Waals surface area contributed by atoms with Crippen molar-refractivity contribution in [1.82, 2.24) is 19.4 Å². The van der Waals surface area contributed by atoms with E-state index in [0.717, 1.165) is 37.3 Å². The van der Waals surface area contributed by atoms with Crippen LogP contribution in [-0.4, -0.2) is 46.2 Å². The van der Waals surface area contributed by atoms with Gasteiger partial charge in [0.25, 0.3) is 0 Å². The van der Waals surface area contributed by atoms with Crippen molar-refractivity contribution >= 4 is 23.4 Å². The van der Waals surface area contributed by atoms with Gasteiger partial charge in [0, 0.05) is 19.2 Å². The number of imidazole rings is 1. The average Bonchev–Trinajstić information content (AvgIpc) is 2.78. The van der Waals surface area contributed by atoms with Gasteiger partial charge >= 0.3 is 0 Å². The molecule has 20 heavy (non-hydrogen) atoms. The Bertz CT molecular complexity index is 619. The minimum absolute atomic E-state index is 0.612. The van der Waals surface area contributed by atoms with E-state index < -0.39 is 0 Å². The fourth-order valence-corrected chi connectivity index (χ4v) is 2.61. The third-order valence-electron chi connectivity index (χ3n) is 3.43. The first kappa shape index (κ1) is 15.0. The second-order valence-electron chi connectivity index (χ2n) is 4.74. The van der Waals surface area contributed by atoms with Gasteiger partial charge in [0.15, 0.2) is 10.4 Å². The van der Waals surface area contributed by atoms with Crippen LogP contribution in [0.3, 0.4) is 0 Å². The number of fused-ring (bicyclic) bond motifs is 1. The van der Waals surface area contributed by atoms with E-state index >= 15 is 0 Å². The Labute approximate surface area is 124 Å². The highest BCUT2D eigenvalue weighted by atomic mass is 32.1. The minimum atomic E-state index is 0.612. The zero-order chi connectivity index (χ0) is 14.5. The summed E-state index contributed by atoms with van der Waals surface area (Å²) in [6, 6.07) is 3.80. The summed E-state index contributed by atoms with van der Waals surface area (Å²) in [4.78, 5) is 10.1. The highest BCUT2D eigenvalue weighted by molar-refractivity contribution is 7.71. The first-order valence-electron chi connectivity index (χ1n) is 7.05. The quantitative estimate of drug-likeness (QED) is 0.798. The van der Waals surface area contributed by atoms with Gasteiger partial charge in [0.1, 0.15) is 0 Å². The molecule has 6 heteroatoms. The van der Waals surface area contributed by atoms with Crippen LogP contribution >= 0.6 is 12.2 Å². The standard InChI is InChI=1S/C14H22N4OS/c1-4-8-17(5-2)9-10-18-13-11(15-14(18)20)6-7-12(16-13)19-3/h6-7H,4-5,8-10H2,1-3H3,(H,15,20). The lowest BCUT2D eigenvalue weighted by atomic mass is 10.4. The van der Waals surface area contributed by atoms with E-state index in [1.54, 1.807) is 7.11 Å². The van der Waals surface area contributed by atoms with E-state index in [-0.39, 0.29) is 0 Å². The van der Waals surface area contributed by atoms with Crippen molar-refractivity contribution < 1.29 is 4.74 Å². The van der Waals surface area contributed by atoms with Gasteiger partial charge in [-0.2, -0.15) is 4.98 Å². The molecule has 0 saturated heterocycles. The van der Waals surface area contributed by atoms with Crippen molar-refractivity contribution in [1.29, 1.82) is 0 Å². The summed E-state index contributed by atoms with van der Waals surface area (Å²) in [6.45, 7) is 8.37. The summed E-state index contributed by atoms with van der Waals surface area (Å²) in [5.74, 6) is 0.612. The van der Waals surface area contributed by atoms with Crippen LogP contribution in [0.4, 0.5) is 0 Å². The van der Waals surface area contributed by atoms with E-state index in [4.69, 9.17) is 17.0 Å². The van der Waals surface area contributed by atoms with Gasteiger partial charge in [0.2, 0.25) is 5.88 Å². The molecule has 2 rings (SSSR count). The third kappa shape index (κ3) is 3.19. The molecule has 0 aromatic carbocycles. The van der Waals surface area contributed by atoms with Gasteiger partial charge in [0.05, 0.1) is 12.6 Å². The lowest BCUT2D eigenvalue weighted by molar-refractivity contribution is 0.277. The van der Waals surface area contributed by atoms with Crippen molar-refractivity contribution in [3.05, 3.63) is 16.9 Å². The lowest BCUT2D eigenvalue weighted by Gasteiger charge is -2.19. The molecule has 0 spiro atoms. The normalized spacial score (nSPS) is 11.4. The van der Waals surface area contributed by atoms with Crippen LogP contribution in [0.1, 0.15) is 20.3 Å². The number of hydrogen-bond donors (Lipinski definition) is 1. The number of methoxy groups -OCH3 is 1. The maximum Gasteiger partial charge on any atom is 0.215 e. The van der Waals surface area contributed by atoms with Crippen LogP contribution in [0.25, 0.3) is 11.2 Å². The van der Waals surface area contributed by atoms with Gasteiger partial charge < -0.3 is 19.2 Å². The van der Waals surface area contributed by atoms with Crippen molar-refractivity contribution in [3.63, 3.8) is 0 Å². The van der Waals surface area contributed by atoms with Crippen LogP contribution in [-0.2, 0) is 6.54 Å². The molecule has 0 amide bonds. The van der Waals surface area contributed by atoms with Gasteiger partial charge in [-0.15, -0.1) is 0 Å². The number of H-pyrrole nitrogens is 1. The molecule has 0 radical (unpaired) electrons. The topological polar surface area (TPSA) is 46.1 Å². The number of nitrogens with zero attached hydrogens (tertiary/aromatic N) is 3. The smallest absolute Gasteiger partial charge is 0.215 e. The van der Waals surface area contributed by atoms with Crippen LogP contribution in [0.15, 0.2) is 12.1 Å². The maximum atomic E-state index is 5.39. The summed E-state index contributed by atoms with van der Waals surface area (Å²) in [7, 11) is 1.62. The van der Waals surface area contributed by atoms with Gasteiger partial charge in [-0.05, 0) is 37.8 Å². The summed E-state index contributed by atoms with van der Waals surface area (Å²) in [5.41, 5.74) is 1.82. The van der Waals surface area contributed by atoms with Crippen molar-refractivity contribution in [2.45, 2.75) is 26.8 Å². The lowest BCUT2D eigenvalue weighted by Crippen LogP contribution is -2.28. The van der Waals surface area contributed by atoms with Crippen molar-refractivity contribution in [2.24, 2.45) is 0 Å². The summed E-state index contributed by atoms with van der Waals surface area (Å²) >= 11 is 5.39. The molecule has 2 aromatic heterocycles.